The molecule has 0 bridgehead atoms. The van der Waals surface area contributed by atoms with E-state index in [1.807, 2.05) is 6.07 Å². The summed E-state index contributed by atoms with van der Waals surface area (Å²) in [7, 11) is 1.70. The second kappa shape index (κ2) is 8.90. The minimum Gasteiger partial charge on any atom is -0.493 e. The first-order chi connectivity index (χ1) is 16.8. The molecule has 0 atom stereocenters. The average Bonchev–Trinajstić information content (AvgIpc) is 3.34. The molecule has 6 rings (SSSR count). The molecule has 4 aromatic rings. The molecule has 0 N–H and O–H groups in total. The first-order valence-corrected chi connectivity index (χ1v) is 11.9. The Labute approximate surface area is 199 Å². The Hall–Kier alpha value is -3.73. The van der Waals surface area contributed by atoms with E-state index in [4.69, 9.17) is 18.9 Å². The maximum absolute atomic E-state index is 6.33. The van der Waals surface area contributed by atoms with Gasteiger partial charge in [-0.15, -0.1) is 0 Å². The van der Waals surface area contributed by atoms with Crippen LogP contribution < -0.4 is 23.5 Å². The van der Waals surface area contributed by atoms with Gasteiger partial charge in [0.1, 0.15) is 0 Å². The van der Waals surface area contributed by atoms with Crippen molar-refractivity contribution in [2.24, 2.45) is 0 Å². The lowest BCUT2D eigenvalue weighted by atomic mass is 9.95. The number of ether oxygens (including phenoxy) is 4. The Morgan fingerprint density at radius 2 is 1.79 bits per heavy atom. The molecule has 34 heavy (non-hydrogen) atoms. The molecular weight excluding hydrogens is 426 g/mol. The minimum absolute atomic E-state index is 0.293. The smallest absolute Gasteiger partial charge is 0.231 e. The third-order valence-corrected chi connectivity index (χ3v) is 6.75. The van der Waals surface area contributed by atoms with Gasteiger partial charge in [-0.05, 0) is 60.0 Å². The van der Waals surface area contributed by atoms with Gasteiger partial charge < -0.3 is 18.9 Å². The summed E-state index contributed by atoms with van der Waals surface area (Å²) in [6, 6.07) is 21.2. The molecule has 0 saturated carbocycles. The van der Waals surface area contributed by atoms with Gasteiger partial charge in [-0.25, -0.2) is 0 Å². The number of rotatable bonds is 7. The van der Waals surface area contributed by atoms with Crippen molar-refractivity contribution in [1.29, 1.82) is 0 Å². The van der Waals surface area contributed by atoms with Gasteiger partial charge in [0, 0.05) is 12.5 Å². The molecule has 0 unspecified atom stereocenters. The number of pyridine rings is 1. The SMILES string of the molecule is COc1ccc2cc3[n+](cc2c1OCCCCc1ccccc1)CCc1cc2c(cc1-3)OCO2. The van der Waals surface area contributed by atoms with Crippen molar-refractivity contribution in [3.63, 3.8) is 0 Å². The quantitative estimate of drug-likeness (QED) is 0.274. The van der Waals surface area contributed by atoms with Crippen molar-refractivity contribution in [1.82, 2.24) is 0 Å². The van der Waals surface area contributed by atoms with Crippen LogP contribution in [0.4, 0.5) is 0 Å². The van der Waals surface area contributed by atoms with Crippen LogP contribution in [0.2, 0.25) is 0 Å². The summed E-state index contributed by atoms with van der Waals surface area (Å²) in [6.45, 7) is 1.86. The summed E-state index contributed by atoms with van der Waals surface area (Å²) in [5.74, 6) is 3.27. The van der Waals surface area contributed by atoms with E-state index in [-0.39, 0.29) is 0 Å². The first kappa shape index (κ1) is 20.8. The van der Waals surface area contributed by atoms with E-state index in [1.54, 1.807) is 7.11 Å². The topological polar surface area (TPSA) is 40.8 Å². The Morgan fingerprint density at radius 3 is 2.65 bits per heavy atom. The number of hydrogen-bond donors (Lipinski definition) is 0. The minimum atomic E-state index is 0.293. The number of nitrogens with zero attached hydrogens (tertiary/aromatic N) is 1. The monoisotopic (exact) mass is 454 g/mol. The molecule has 5 nitrogen and oxygen atoms in total. The van der Waals surface area contributed by atoms with Crippen LogP contribution in [-0.4, -0.2) is 20.5 Å². The zero-order valence-corrected chi connectivity index (χ0v) is 19.4. The summed E-state index contributed by atoms with van der Waals surface area (Å²) in [4.78, 5) is 0. The van der Waals surface area contributed by atoms with Crippen LogP contribution in [0.1, 0.15) is 24.0 Å². The molecular formula is C29H28NO4+. The maximum atomic E-state index is 6.33. The lowest BCUT2D eigenvalue weighted by Gasteiger charge is -2.18. The van der Waals surface area contributed by atoms with Crippen molar-refractivity contribution < 1.29 is 23.5 Å². The highest BCUT2D eigenvalue weighted by atomic mass is 16.7. The maximum Gasteiger partial charge on any atom is 0.231 e. The molecule has 2 aliphatic rings. The van der Waals surface area contributed by atoms with Crippen LogP contribution in [0, 0.1) is 0 Å². The molecule has 3 aromatic carbocycles. The van der Waals surface area contributed by atoms with Crippen LogP contribution in [-0.2, 0) is 19.4 Å². The fraction of sp³-hybridized carbons (Fsp3) is 0.276. The molecule has 0 fully saturated rings. The Kier molecular flexibility index (Phi) is 5.46. The summed E-state index contributed by atoms with van der Waals surface area (Å²) in [5, 5.41) is 2.22. The summed E-state index contributed by atoms with van der Waals surface area (Å²) in [5.41, 5.74) is 5.06. The lowest BCUT2D eigenvalue weighted by molar-refractivity contribution is -0.686. The lowest BCUT2D eigenvalue weighted by Crippen LogP contribution is -2.40. The Balaban J connectivity index is 1.27. The number of benzene rings is 3. The fourth-order valence-corrected chi connectivity index (χ4v) is 4.96. The van der Waals surface area contributed by atoms with Crippen LogP contribution in [0.15, 0.2) is 66.9 Å². The number of unbranched alkanes of at least 4 members (excludes halogenated alkanes) is 1. The van der Waals surface area contributed by atoms with Crippen LogP contribution in [0.25, 0.3) is 22.0 Å². The predicted molar refractivity (Wildman–Crippen MR) is 131 cm³/mol. The molecule has 2 aliphatic heterocycles. The highest BCUT2D eigenvalue weighted by molar-refractivity contribution is 5.91. The largest absolute Gasteiger partial charge is 0.493 e. The van der Waals surface area contributed by atoms with Crippen molar-refractivity contribution in [2.75, 3.05) is 20.5 Å². The van der Waals surface area contributed by atoms with E-state index < -0.39 is 0 Å². The number of hydrogen-bond acceptors (Lipinski definition) is 4. The van der Waals surface area contributed by atoms with Gasteiger partial charge in [-0.3, -0.25) is 0 Å². The van der Waals surface area contributed by atoms with Gasteiger partial charge in [0.15, 0.2) is 35.7 Å². The fourth-order valence-electron chi connectivity index (χ4n) is 4.96. The third-order valence-electron chi connectivity index (χ3n) is 6.75. The van der Waals surface area contributed by atoms with Gasteiger partial charge in [-0.1, -0.05) is 30.3 Å². The molecule has 5 heteroatoms. The van der Waals surface area contributed by atoms with Crippen molar-refractivity contribution in [2.45, 2.75) is 32.2 Å². The van der Waals surface area contributed by atoms with Gasteiger partial charge >= 0.3 is 0 Å². The van der Waals surface area contributed by atoms with E-state index in [2.05, 4.69) is 65.4 Å². The second-order valence-corrected chi connectivity index (χ2v) is 8.86. The zero-order chi connectivity index (χ0) is 22.9. The van der Waals surface area contributed by atoms with Crippen molar-refractivity contribution in [3.05, 3.63) is 78.0 Å². The van der Waals surface area contributed by atoms with E-state index in [0.717, 1.165) is 66.0 Å². The van der Waals surface area contributed by atoms with E-state index in [9.17, 15) is 0 Å². The number of aryl methyl sites for hydroxylation is 3. The normalized spacial score (nSPS) is 13.4. The zero-order valence-electron chi connectivity index (χ0n) is 19.4. The number of aromatic nitrogens is 1. The van der Waals surface area contributed by atoms with Gasteiger partial charge in [0.2, 0.25) is 12.5 Å². The Morgan fingerprint density at radius 1 is 0.941 bits per heavy atom. The van der Waals surface area contributed by atoms with Crippen LogP contribution in [0.5, 0.6) is 23.0 Å². The van der Waals surface area contributed by atoms with Crippen molar-refractivity contribution in [3.8, 4) is 34.3 Å². The molecule has 0 spiro atoms. The molecule has 1 aromatic heterocycles. The highest BCUT2D eigenvalue weighted by Gasteiger charge is 2.28. The molecule has 3 heterocycles. The van der Waals surface area contributed by atoms with Gasteiger partial charge in [-0.2, -0.15) is 4.57 Å². The molecule has 0 radical (unpaired) electrons. The summed E-state index contributed by atoms with van der Waals surface area (Å²) >= 11 is 0. The van der Waals surface area contributed by atoms with Crippen LogP contribution in [0.3, 0.4) is 0 Å². The van der Waals surface area contributed by atoms with Gasteiger partial charge in [0.25, 0.3) is 0 Å². The molecule has 0 aliphatic carbocycles. The van der Waals surface area contributed by atoms with E-state index in [1.165, 1.54) is 22.4 Å². The first-order valence-electron chi connectivity index (χ1n) is 11.9. The average molecular weight is 455 g/mol. The van der Waals surface area contributed by atoms with Gasteiger partial charge in [0.05, 0.1) is 24.7 Å². The van der Waals surface area contributed by atoms with E-state index in [0.29, 0.717) is 13.4 Å². The summed E-state index contributed by atoms with van der Waals surface area (Å²) < 4.78 is 25.5. The molecule has 0 amide bonds. The number of fused-ring (bicyclic) bond motifs is 5. The molecule has 0 saturated heterocycles. The third kappa shape index (κ3) is 3.81. The van der Waals surface area contributed by atoms with Crippen molar-refractivity contribution >= 4 is 10.8 Å². The Bertz CT molecular complexity index is 1350. The highest BCUT2D eigenvalue weighted by Crippen LogP contribution is 2.41. The second-order valence-electron chi connectivity index (χ2n) is 8.86. The van der Waals surface area contributed by atoms with Crippen LogP contribution >= 0.6 is 0 Å². The van der Waals surface area contributed by atoms with E-state index >= 15 is 0 Å². The summed E-state index contributed by atoms with van der Waals surface area (Å²) in [6.07, 6.45) is 6.31. The predicted octanol–water partition coefficient (Wildman–Crippen LogP) is 5.49. The molecule has 172 valence electrons. The standard InChI is InChI=1S/C29H28NO4/c1-31-26-11-10-21-15-25-23-17-28-27(33-19-34-28)16-22(23)12-13-30(25)18-24(21)29(26)32-14-6-5-9-20-7-3-2-4-8-20/h2-4,7-8,10-11,15-18H,5-6,9,12-14,19H2,1H3/q+1. The number of methoxy groups -OCH3 is 1.